The monoisotopic (exact) mass is 474 g/mol. The van der Waals surface area contributed by atoms with E-state index >= 15 is 0 Å². The van der Waals surface area contributed by atoms with E-state index in [0.29, 0.717) is 35.1 Å². The molecule has 3 aromatic heterocycles. The molecule has 1 fully saturated rings. The highest BCUT2D eigenvalue weighted by molar-refractivity contribution is 7.91. The quantitative estimate of drug-likeness (QED) is 0.426. The molecule has 168 valence electrons. The number of imidazole rings is 1. The van der Waals surface area contributed by atoms with Gasteiger partial charge in [-0.05, 0) is 43.4 Å². The summed E-state index contributed by atoms with van der Waals surface area (Å²) in [5, 5.41) is 0.766. The normalized spacial score (nSPS) is 19.4. The number of hydrogen-bond donors (Lipinski definition) is 1. The summed E-state index contributed by atoms with van der Waals surface area (Å²) in [4.78, 5) is 12.1. The molecule has 1 aliphatic rings. The average molecular weight is 475 g/mol. The predicted octanol–water partition coefficient (Wildman–Crippen LogP) is 2.98. The van der Waals surface area contributed by atoms with Crippen LogP contribution in [0.2, 0.25) is 0 Å². The third kappa shape index (κ3) is 3.50. The van der Waals surface area contributed by atoms with Gasteiger partial charge in [0.2, 0.25) is 15.0 Å². The van der Waals surface area contributed by atoms with E-state index in [1.165, 1.54) is 0 Å². The van der Waals surface area contributed by atoms with Gasteiger partial charge in [-0.2, -0.15) is 8.42 Å². The molecular formula is C21H22N4O5S2. The van der Waals surface area contributed by atoms with Crippen molar-refractivity contribution in [2.45, 2.75) is 35.9 Å². The first kappa shape index (κ1) is 21.1. The lowest BCUT2D eigenvalue weighted by Gasteiger charge is -2.36. The molecule has 0 unspecified atom stereocenters. The van der Waals surface area contributed by atoms with E-state index in [-0.39, 0.29) is 28.6 Å². The van der Waals surface area contributed by atoms with E-state index < -0.39 is 20.0 Å². The van der Waals surface area contributed by atoms with Gasteiger partial charge in [0.1, 0.15) is 11.2 Å². The first-order valence-electron chi connectivity index (χ1n) is 10.1. The molecule has 1 N–H and O–H groups in total. The molecule has 0 spiro atoms. The number of H-pyrrole nitrogens is 1. The fourth-order valence-electron chi connectivity index (χ4n) is 4.32. The number of fused-ring (bicyclic) bond motifs is 3. The van der Waals surface area contributed by atoms with Crippen LogP contribution in [0, 0.1) is 12.8 Å². The zero-order valence-corrected chi connectivity index (χ0v) is 19.1. The minimum absolute atomic E-state index is 0.0183. The number of sulfone groups is 1. The summed E-state index contributed by atoms with van der Waals surface area (Å²) in [6.45, 7) is 1.84. The van der Waals surface area contributed by atoms with Crippen LogP contribution in [0.25, 0.3) is 22.1 Å². The molecule has 0 bridgehead atoms. The number of aromatic amines is 1. The third-order valence-electron chi connectivity index (χ3n) is 5.92. The molecule has 9 nitrogen and oxygen atoms in total. The van der Waals surface area contributed by atoms with E-state index in [0.717, 1.165) is 11.6 Å². The topological polar surface area (TPSA) is 124 Å². The van der Waals surface area contributed by atoms with Crippen LogP contribution < -0.4 is 0 Å². The van der Waals surface area contributed by atoms with Crippen molar-refractivity contribution in [3.05, 3.63) is 48.3 Å². The van der Waals surface area contributed by atoms with Gasteiger partial charge in [-0.1, -0.05) is 18.2 Å². The highest BCUT2D eigenvalue weighted by Crippen LogP contribution is 2.43. The van der Waals surface area contributed by atoms with Gasteiger partial charge in [-0.3, -0.25) is 4.18 Å². The Labute approximate surface area is 185 Å². The van der Waals surface area contributed by atoms with Crippen molar-refractivity contribution in [2.75, 3.05) is 12.9 Å². The van der Waals surface area contributed by atoms with Crippen molar-refractivity contribution in [2.24, 2.45) is 5.92 Å². The summed E-state index contributed by atoms with van der Waals surface area (Å²) in [5.41, 5.74) is 2.50. The van der Waals surface area contributed by atoms with Crippen LogP contribution in [0.3, 0.4) is 0 Å². The Kier molecular flexibility index (Phi) is 4.88. The summed E-state index contributed by atoms with van der Waals surface area (Å²) >= 11 is 0. The molecule has 1 saturated carbocycles. The van der Waals surface area contributed by atoms with Gasteiger partial charge in [-0.25, -0.2) is 18.4 Å². The molecule has 5 rings (SSSR count). The molecule has 0 radical (unpaired) electrons. The number of pyridine rings is 1. The van der Waals surface area contributed by atoms with Crippen molar-refractivity contribution in [3.63, 3.8) is 0 Å². The molecule has 11 heteroatoms. The number of rotatable bonds is 6. The highest BCUT2D eigenvalue weighted by Gasteiger charge is 2.38. The van der Waals surface area contributed by atoms with Crippen molar-refractivity contribution in [1.82, 2.24) is 19.5 Å². The molecule has 32 heavy (non-hydrogen) atoms. The van der Waals surface area contributed by atoms with Crippen LogP contribution >= 0.6 is 0 Å². The molecule has 0 saturated heterocycles. The van der Waals surface area contributed by atoms with Gasteiger partial charge < -0.3 is 9.55 Å². The van der Waals surface area contributed by atoms with E-state index in [2.05, 4.69) is 15.0 Å². The van der Waals surface area contributed by atoms with Gasteiger partial charge in [-0.15, -0.1) is 0 Å². The minimum Gasteiger partial charge on any atom is -0.346 e. The Morgan fingerprint density at radius 1 is 1.16 bits per heavy atom. The standard InChI is InChI=1S/C21H22N4O5S2/c1-13-5-3-4-6-18(13)32(28,29)21-24-17-11-23-20-16(7-8-22-20)19(17)25(21)15-9-14(10-15)12-30-31(2,26)27/h3-8,11,14-15H,9-10,12H2,1-2H3,(H,22,23). The lowest BCUT2D eigenvalue weighted by Crippen LogP contribution is -2.32. The second-order valence-corrected chi connectivity index (χ2v) is 11.7. The smallest absolute Gasteiger partial charge is 0.264 e. The molecule has 1 aliphatic carbocycles. The lowest BCUT2D eigenvalue weighted by atomic mass is 9.80. The number of nitrogens with zero attached hydrogens (tertiary/aromatic N) is 3. The number of benzene rings is 1. The molecule has 0 aliphatic heterocycles. The van der Waals surface area contributed by atoms with E-state index in [1.54, 1.807) is 48.1 Å². The van der Waals surface area contributed by atoms with Gasteiger partial charge in [0.05, 0.1) is 29.5 Å². The molecule has 0 atom stereocenters. The maximum atomic E-state index is 13.7. The maximum absolute atomic E-state index is 13.7. The van der Waals surface area contributed by atoms with Crippen LogP contribution in [-0.2, 0) is 24.1 Å². The summed E-state index contributed by atoms with van der Waals surface area (Å²) in [6, 6.07) is 8.54. The van der Waals surface area contributed by atoms with Crippen LogP contribution in [-0.4, -0.2) is 49.2 Å². The molecule has 0 amide bonds. The molecule has 1 aromatic carbocycles. The van der Waals surface area contributed by atoms with Crippen molar-refractivity contribution in [3.8, 4) is 0 Å². The molecule has 3 heterocycles. The first-order chi connectivity index (χ1) is 15.1. The summed E-state index contributed by atoms with van der Waals surface area (Å²) in [7, 11) is -7.42. The summed E-state index contributed by atoms with van der Waals surface area (Å²) in [5.74, 6) is 0.0183. The highest BCUT2D eigenvalue weighted by atomic mass is 32.2. The van der Waals surface area contributed by atoms with Crippen molar-refractivity contribution < 1.29 is 21.0 Å². The van der Waals surface area contributed by atoms with Gasteiger partial charge in [0.15, 0.2) is 0 Å². The van der Waals surface area contributed by atoms with Gasteiger partial charge in [0.25, 0.3) is 10.1 Å². The minimum atomic E-state index is -3.90. The predicted molar refractivity (Wildman–Crippen MR) is 119 cm³/mol. The van der Waals surface area contributed by atoms with Crippen LogP contribution in [0.4, 0.5) is 0 Å². The second-order valence-electron chi connectivity index (χ2n) is 8.25. The number of hydrogen-bond acceptors (Lipinski definition) is 7. The summed E-state index contributed by atoms with van der Waals surface area (Å²) in [6.07, 6.45) is 5.53. The van der Waals surface area contributed by atoms with E-state index in [9.17, 15) is 16.8 Å². The number of aryl methyl sites for hydroxylation is 1. The Hall–Kier alpha value is -2.76. The van der Waals surface area contributed by atoms with E-state index in [1.807, 2.05) is 6.07 Å². The van der Waals surface area contributed by atoms with Crippen molar-refractivity contribution >= 4 is 42.0 Å². The first-order valence-corrected chi connectivity index (χ1v) is 13.4. The SMILES string of the molecule is Cc1ccccc1S(=O)(=O)c1nc2cnc3[nH]ccc3c2n1C1CC(COS(C)(=O)=O)C1. The van der Waals surface area contributed by atoms with Gasteiger partial charge in [0, 0.05) is 17.6 Å². The fourth-order valence-corrected chi connectivity index (χ4v) is 6.43. The van der Waals surface area contributed by atoms with Crippen LogP contribution in [0.15, 0.2) is 52.8 Å². The lowest BCUT2D eigenvalue weighted by molar-refractivity contribution is 0.126. The van der Waals surface area contributed by atoms with Gasteiger partial charge >= 0.3 is 0 Å². The molecular weight excluding hydrogens is 452 g/mol. The van der Waals surface area contributed by atoms with Crippen molar-refractivity contribution in [1.29, 1.82) is 0 Å². The van der Waals surface area contributed by atoms with Crippen LogP contribution in [0.1, 0.15) is 24.4 Å². The average Bonchev–Trinajstić information content (AvgIpc) is 3.30. The van der Waals surface area contributed by atoms with Crippen LogP contribution in [0.5, 0.6) is 0 Å². The Morgan fingerprint density at radius 2 is 1.91 bits per heavy atom. The zero-order valence-electron chi connectivity index (χ0n) is 17.5. The Bertz CT molecular complexity index is 1550. The Balaban J connectivity index is 1.64. The largest absolute Gasteiger partial charge is 0.346 e. The zero-order chi connectivity index (χ0) is 22.7. The summed E-state index contributed by atoms with van der Waals surface area (Å²) < 4.78 is 56.7. The number of nitrogens with one attached hydrogen (secondary N) is 1. The Morgan fingerprint density at radius 3 is 2.62 bits per heavy atom. The molecule has 4 aromatic rings. The number of aromatic nitrogens is 4. The maximum Gasteiger partial charge on any atom is 0.264 e. The fraction of sp³-hybridized carbons (Fsp3) is 0.333. The third-order valence-corrected chi connectivity index (χ3v) is 8.29. The second kappa shape index (κ2) is 7.39. The van der Waals surface area contributed by atoms with E-state index in [4.69, 9.17) is 4.18 Å².